The SMILES string of the molecule is N=C(N)c1ccc(CNC(=O)C(Cc2cccc(CN)c2)NC(=O)C(NS(=O)(=O)Cc2cccc(C(=O)O)c2)C(c2ccccc2)c2ccccc2)cc1. The zero-order valence-electron chi connectivity index (χ0n) is 29.3. The van der Waals surface area contributed by atoms with E-state index in [2.05, 4.69) is 15.4 Å². The molecule has 54 heavy (non-hydrogen) atoms. The van der Waals surface area contributed by atoms with Crippen LogP contribution in [0.25, 0.3) is 0 Å². The van der Waals surface area contributed by atoms with E-state index < -0.39 is 51.6 Å². The number of hydrogen-bond acceptors (Lipinski definition) is 7. The molecule has 0 aliphatic rings. The third-order valence-electron chi connectivity index (χ3n) is 8.80. The Morgan fingerprint density at radius 1 is 0.685 bits per heavy atom. The lowest BCUT2D eigenvalue weighted by Crippen LogP contribution is -2.56. The van der Waals surface area contributed by atoms with Crippen molar-refractivity contribution in [3.05, 3.63) is 178 Å². The van der Waals surface area contributed by atoms with E-state index in [4.69, 9.17) is 16.9 Å². The summed E-state index contributed by atoms with van der Waals surface area (Å²) < 4.78 is 30.5. The molecule has 0 fully saturated rings. The van der Waals surface area contributed by atoms with Crippen LogP contribution in [0.5, 0.6) is 0 Å². The Labute approximate surface area is 314 Å². The van der Waals surface area contributed by atoms with Crippen molar-refractivity contribution in [2.45, 2.75) is 43.3 Å². The minimum absolute atomic E-state index is 0.0669. The van der Waals surface area contributed by atoms with Crippen molar-refractivity contribution < 1.29 is 27.9 Å². The Hall–Kier alpha value is -6.15. The van der Waals surface area contributed by atoms with Crippen LogP contribution in [0.15, 0.2) is 133 Å². The molecule has 0 aliphatic carbocycles. The van der Waals surface area contributed by atoms with Gasteiger partial charge in [-0.1, -0.05) is 121 Å². The number of hydrogen-bond donors (Lipinski definition) is 7. The molecule has 0 aromatic heterocycles. The van der Waals surface area contributed by atoms with Gasteiger partial charge < -0.3 is 27.2 Å². The van der Waals surface area contributed by atoms with Gasteiger partial charge in [0, 0.05) is 31.0 Å². The van der Waals surface area contributed by atoms with Crippen molar-refractivity contribution >= 4 is 33.6 Å². The molecule has 5 rings (SSSR count). The molecule has 2 amide bonds. The van der Waals surface area contributed by atoms with Gasteiger partial charge in [-0.15, -0.1) is 0 Å². The van der Waals surface area contributed by atoms with E-state index in [0.29, 0.717) is 16.7 Å². The maximum absolute atomic E-state index is 14.7. The number of carboxylic acid groups (broad SMARTS) is 1. The van der Waals surface area contributed by atoms with Crippen LogP contribution in [0.1, 0.15) is 55.2 Å². The molecule has 13 heteroatoms. The van der Waals surface area contributed by atoms with Gasteiger partial charge in [-0.05, 0) is 45.5 Å². The number of nitrogens with one attached hydrogen (secondary N) is 4. The van der Waals surface area contributed by atoms with E-state index in [9.17, 15) is 27.9 Å². The highest BCUT2D eigenvalue weighted by Crippen LogP contribution is 2.29. The molecule has 0 aliphatic heterocycles. The van der Waals surface area contributed by atoms with Crippen molar-refractivity contribution in [2.75, 3.05) is 0 Å². The second kappa shape index (κ2) is 18.1. The molecule has 5 aromatic rings. The largest absolute Gasteiger partial charge is 0.478 e. The van der Waals surface area contributed by atoms with E-state index in [1.807, 2.05) is 36.4 Å². The van der Waals surface area contributed by atoms with Gasteiger partial charge in [-0.2, -0.15) is 0 Å². The first-order chi connectivity index (χ1) is 25.9. The molecular formula is C41H42N6O6S. The molecule has 278 valence electrons. The Kier molecular flexibility index (Phi) is 13.1. The van der Waals surface area contributed by atoms with Crippen LogP contribution < -0.4 is 26.8 Å². The maximum Gasteiger partial charge on any atom is 0.335 e. The molecular weight excluding hydrogens is 705 g/mol. The molecule has 12 nitrogen and oxygen atoms in total. The summed E-state index contributed by atoms with van der Waals surface area (Å²) in [4.78, 5) is 40.2. The van der Waals surface area contributed by atoms with Crippen molar-refractivity contribution in [2.24, 2.45) is 11.5 Å². The zero-order valence-corrected chi connectivity index (χ0v) is 30.1. The molecule has 0 heterocycles. The number of amides is 2. The number of amidine groups is 1. The maximum atomic E-state index is 14.7. The fourth-order valence-corrected chi connectivity index (χ4v) is 7.46. The fourth-order valence-electron chi connectivity index (χ4n) is 6.12. The average molecular weight is 747 g/mol. The predicted octanol–water partition coefficient (Wildman–Crippen LogP) is 3.79. The van der Waals surface area contributed by atoms with Crippen LogP contribution in [0.3, 0.4) is 0 Å². The van der Waals surface area contributed by atoms with Crippen LogP contribution in [0.2, 0.25) is 0 Å². The van der Waals surface area contributed by atoms with Crippen LogP contribution in [-0.2, 0) is 44.9 Å². The Bertz CT molecular complexity index is 2160. The van der Waals surface area contributed by atoms with E-state index in [1.165, 1.54) is 24.3 Å². The van der Waals surface area contributed by atoms with E-state index in [-0.39, 0.29) is 36.5 Å². The summed E-state index contributed by atoms with van der Waals surface area (Å²) in [5, 5.41) is 22.9. The molecule has 0 radical (unpaired) electrons. The first-order valence-corrected chi connectivity index (χ1v) is 18.8. The number of benzene rings is 5. The number of carbonyl (C=O) groups is 3. The smallest absolute Gasteiger partial charge is 0.335 e. The van der Waals surface area contributed by atoms with Gasteiger partial charge in [-0.3, -0.25) is 15.0 Å². The lowest BCUT2D eigenvalue weighted by molar-refractivity contribution is -0.130. The third kappa shape index (κ3) is 10.7. The van der Waals surface area contributed by atoms with Crippen LogP contribution >= 0.6 is 0 Å². The normalized spacial score (nSPS) is 12.4. The number of nitrogen functional groups attached to an aromatic ring is 1. The van der Waals surface area contributed by atoms with Gasteiger partial charge in [0.2, 0.25) is 21.8 Å². The third-order valence-corrected chi connectivity index (χ3v) is 10.1. The molecule has 0 saturated heterocycles. The molecule has 2 atom stereocenters. The number of carboxylic acids is 1. The first-order valence-electron chi connectivity index (χ1n) is 17.1. The van der Waals surface area contributed by atoms with Crippen LogP contribution in [-0.4, -0.2) is 49.2 Å². The number of aromatic carboxylic acids is 1. The second-order valence-corrected chi connectivity index (χ2v) is 14.5. The van der Waals surface area contributed by atoms with Gasteiger partial charge in [0.05, 0.1) is 11.3 Å². The quantitative estimate of drug-likeness (QED) is 0.0547. The molecule has 0 saturated carbocycles. The van der Waals surface area contributed by atoms with Crippen molar-refractivity contribution in [1.29, 1.82) is 5.41 Å². The Morgan fingerprint density at radius 2 is 1.28 bits per heavy atom. The summed E-state index contributed by atoms with van der Waals surface area (Å²) >= 11 is 0. The minimum Gasteiger partial charge on any atom is -0.478 e. The van der Waals surface area contributed by atoms with Gasteiger partial charge >= 0.3 is 5.97 Å². The summed E-state index contributed by atoms with van der Waals surface area (Å²) in [6, 6.07) is 35.0. The van der Waals surface area contributed by atoms with Crippen molar-refractivity contribution in [1.82, 2.24) is 15.4 Å². The van der Waals surface area contributed by atoms with Crippen molar-refractivity contribution in [3.63, 3.8) is 0 Å². The highest BCUT2D eigenvalue weighted by molar-refractivity contribution is 7.88. The first kappa shape index (κ1) is 39.1. The lowest BCUT2D eigenvalue weighted by atomic mass is 9.85. The summed E-state index contributed by atoms with van der Waals surface area (Å²) in [5.41, 5.74) is 15.7. The van der Waals surface area contributed by atoms with Crippen molar-refractivity contribution in [3.8, 4) is 0 Å². The standard InChI is InChI=1S/C41H42N6O6S/c42-24-29-10-7-9-28(21-29)23-35(39(48)45-25-27-17-19-33(20-18-27)38(43)44)46-40(49)37(36(31-12-3-1-4-13-31)32-14-5-2-6-15-32)47-54(52,53)26-30-11-8-16-34(22-30)41(50)51/h1-22,35-37,47H,23-26,42H2,(H3,43,44)(H,45,48)(H,46,49)(H,50,51). The molecule has 5 aromatic carbocycles. The van der Waals surface area contributed by atoms with Gasteiger partial charge in [0.25, 0.3) is 0 Å². The number of nitrogens with two attached hydrogens (primary N) is 2. The van der Waals surface area contributed by atoms with Crippen LogP contribution in [0, 0.1) is 5.41 Å². The Morgan fingerprint density at radius 3 is 1.87 bits per heavy atom. The monoisotopic (exact) mass is 746 g/mol. The summed E-state index contributed by atoms with van der Waals surface area (Å²) in [6.45, 7) is 0.372. The number of rotatable bonds is 17. The second-order valence-electron chi connectivity index (χ2n) is 12.8. The molecule has 2 unspecified atom stereocenters. The fraction of sp³-hybridized carbons (Fsp3) is 0.171. The summed E-state index contributed by atoms with van der Waals surface area (Å²) in [7, 11) is -4.30. The van der Waals surface area contributed by atoms with E-state index >= 15 is 0 Å². The molecule has 9 N–H and O–H groups in total. The number of sulfonamides is 1. The van der Waals surface area contributed by atoms with Gasteiger partial charge in [-0.25, -0.2) is 17.9 Å². The summed E-state index contributed by atoms with van der Waals surface area (Å²) in [6.07, 6.45) is 0.0669. The zero-order chi connectivity index (χ0) is 38.7. The Balaban J connectivity index is 1.51. The summed E-state index contributed by atoms with van der Waals surface area (Å²) in [5.74, 6) is -4.00. The van der Waals surface area contributed by atoms with Gasteiger partial charge in [0.15, 0.2) is 0 Å². The lowest BCUT2D eigenvalue weighted by Gasteiger charge is -2.30. The van der Waals surface area contributed by atoms with E-state index in [1.54, 1.807) is 72.8 Å². The topological polar surface area (TPSA) is 218 Å². The molecule has 0 bridgehead atoms. The predicted molar refractivity (Wildman–Crippen MR) is 207 cm³/mol. The van der Waals surface area contributed by atoms with Crippen LogP contribution in [0.4, 0.5) is 0 Å². The number of carbonyl (C=O) groups excluding carboxylic acids is 2. The highest BCUT2D eigenvalue weighted by Gasteiger charge is 2.36. The minimum atomic E-state index is -4.30. The molecule has 0 spiro atoms. The van der Waals surface area contributed by atoms with E-state index in [0.717, 1.165) is 16.7 Å². The van der Waals surface area contributed by atoms with Gasteiger partial charge in [0.1, 0.15) is 17.9 Å². The average Bonchev–Trinajstić information content (AvgIpc) is 3.17. The highest BCUT2D eigenvalue weighted by atomic mass is 32.2.